The lowest BCUT2D eigenvalue weighted by Crippen LogP contribution is -2.17. The summed E-state index contributed by atoms with van der Waals surface area (Å²) in [7, 11) is 1.24. The van der Waals surface area contributed by atoms with Gasteiger partial charge in [0, 0.05) is 11.1 Å². The first-order valence-electron chi connectivity index (χ1n) is 9.05. The monoisotopic (exact) mass is 440 g/mol. The van der Waals surface area contributed by atoms with Crippen molar-refractivity contribution in [2.24, 2.45) is 0 Å². The maximum atomic E-state index is 12.5. The molecule has 158 valence electrons. The number of carbonyl (C=O) groups is 2. The first kappa shape index (κ1) is 21.8. The molecule has 0 fully saturated rings. The number of halogens is 1. The number of nitrogens with zero attached hydrogens (tertiary/aromatic N) is 1. The number of hydrogen-bond donors (Lipinski definition) is 1. The molecule has 31 heavy (non-hydrogen) atoms. The highest BCUT2D eigenvalue weighted by Gasteiger charge is 2.16. The minimum Gasteiger partial charge on any atom is -0.465 e. The van der Waals surface area contributed by atoms with E-state index >= 15 is 0 Å². The Morgan fingerprint density at radius 2 is 1.84 bits per heavy atom. The Bertz CT molecular complexity index is 1150. The molecule has 8 nitrogen and oxygen atoms in total. The minimum absolute atomic E-state index is 0.0266. The number of hydrogen-bond acceptors (Lipinski definition) is 6. The molecule has 0 aromatic heterocycles. The molecule has 0 unspecified atom stereocenters. The van der Waals surface area contributed by atoms with Crippen molar-refractivity contribution in [3.05, 3.63) is 93.0 Å². The van der Waals surface area contributed by atoms with Crippen LogP contribution in [-0.2, 0) is 16.0 Å². The molecule has 3 aromatic rings. The van der Waals surface area contributed by atoms with Gasteiger partial charge in [0.2, 0.25) is 11.7 Å². The largest absolute Gasteiger partial charge is 0.465 e. The Balaban J connectivity index is 1.75. The summed E-state index contributed by atoms with van der Waals surface area (Å²) in [5.74, 6) is -0.560. The van der Waals surface area contributed by atoms with Gasteiger partial charge in [0.15, 0.2) is 0 Å². The molecular weight excluding hydrogens is 424 g/mol. The second-order valence-electron chi connectivity index (χ2n) is 6.38. The zero-order chi connectivity index (χ0) is 22.4. The normalized spacial score (nSPS) is 10.3. The first-order chi connectivity index (χ1) is 14.9. The molecule has 3 aromatic carbocycles. The van der Waals surface area contributed by atoms with E-state index in [0.717, 1.165) is 0 Å². The van der Waals surface area contributed by atoms with Gasteiger partial charge < -0.3 is 14.8 Å². The Kier molecular flexibility index (Phi) is 6.84. The Morgan fingerprint density at radius 3 is 2.58 bits per heavy atom. The van der Waals surface area contributed by atoms with E-state index in [1.165, 1.54) is 37.4 Å². The van der Waals surface area contributed by atoms with E-state index in [-0.39, 0.29) is 29.1 Å². The molecule has 0 atom stereocenters. The molecule has 0 heterocycles. The van der Waals surface area contributed by atoms with Crippen molar-refractivity contribution in [2.75, 3.05) is 12.4 Å². The van der Waals surface area contributed by atoms with Gasteiger partial charge in [0.05, 0.1) is 29.7 Å². The van der Waals surface area contributed by atoms with E-state index in [4.69, 9.17) is 21.1 Å². The number of carbonyl (C=O) groups excluding carboxylic acids is 2. The number of esters is 1. The number of ether oxygens (including phenoxy) is 2. The fraction of sp³-hybridized carbons (Fsp3) is 0.0909. The molecule has 1 amide bonds. The summed E-state index contributed by atoms with van der Waals surface area (Å²) >= 11 is 5.97. The second kappa shape index (κ2) is 9.73. The highest BCUT2D eigenvalue weighted by Crippen LogP contribution is 2.31. The van der Waals surface area contributed by atoms with Gasteiger partial charge in [-0.25, -0.2) is 4.79 Å². The molecule has 0 spiro atoms. The van der Waals surface area contributed by atoms with Crippen LogP contribution in [0.5, 0.6) is 11.5 Å². The van der Waals surface area contributed by atoms with Crippen molar-refractivity contribution in [1.82, 2.24) is 0 Å². The van der Waals surface area contributed by atoms with E-state index < -0.39 is 16.8 Å². The predicted molar refractivity (Wildman–Crippen MR) is 115 cm³/mol. The summed E-state index contributed by atoms with van der Waals surface area (Å²) in [6.45, 7) is 0. The van der Waals surface area contributed by atoms with Gasteiger partial charge in [-0.15, -0.1) is 0 Å². The number of anilines is 1. The molecule has 3 rings (SSSR count). The van der Waals surface area contributed by atoms with Crippen LogP contribution in [0.25, 0.3) is 0 Å². The maximum absolute atomic E-state index is 12.5. The summed E-state index contributed by atoms with van der Waals surface area (Å²) < 4.78 is 10.4. The predicted octanol–water partition coefficient (Wildman–Crippen LogP) is 5.01. The summed E-state index contributed by atoms with van der Waals surface area (Å²) in [6.07, 6.45) is -0.0266. The van der Waals surface area contributed by atoms with Gasteiger partial charge in [-0.2, -0.15) is 0 Å². The van der Waals surface area contributed by atoms with E-state index in [2.05, 4.69) is 5.32 Å². The van der Waals surface area contributed by atoms with Crippen LogP contribution in [0, 0.1) is 10.1 Å². The number of amides is 1. The Morgan fingerprint density at radius 1 is 1.06 bits per heavy atom. The molecule has 0 bridgehead atoms. The molecule has 0 aliphatic rings. The molecule has 0 saturated heterocycles. The van der Waals surface area contributed by atoms with Crippen molar-refractivity contribution < 1.29 is 24.0 Å². The van der Waals surface area contributed by atoms with Crippen LogP contribution in [0.2, 0.25) is 5.02 Å². The average Bonchev–Trinajstić information content (AvgIpc) is 2.73. The molecule has 1 N–H and O–H groups in total. The van der Waals surface area contributed by atoms with Crippen LogP contribution in [0.15, 0.2) is 66.7 Å². The lowest BCUT2D eigenvalue weighted by Gasteiger charge is -2.11. The van der Waals surface area contributed by atoms with Gasteiger partial charge in [0.1, 0.15) is 5.75 Å². The van der Waals surface area contributed by atoms with Crippen molar-refractivity contribution in [3.63, 3.8) is 0 Å². The van der Waals surface area contributed by atoms with Crippen molar-refractivity contribution in [1.29, 1.82) is 0 Å². The molecule has 0 aliphatic carbocycles. The fourth-order valence-corrected chi connectivity index (χ4v) is 3.00. The molecule has 0 radical (unpaired) electrons. The zero-order valence-electron chi connectivity index (χ0n) is 16.3. The molecular formula is C22H17ClN2O6. The fourth-order valence-electron chi connectivity index (χ4n) is 2.83. The van der Waals surface area contributed by atoms with Crippen molar-refractivity contribution >= 4 is 34.9 Å². The van der Waals surface area contributed by atoms with E-state index in [9.17, 15) is 19.7 Å². The number of nitro benzene ring substituents is 1. The highest BCUT2D eigenvalue weighted by molar-refractivity contribution is 6.31. The molecule has 0 aliphatic heterocycles. The van der Waals surface area contributed by atoms with Gasteiger partial charge in [0.25, 0.3) is 0 Å². The van der Waals surface area contributed by atoms with Gasteiger partial charge in [-0.05, 0) is 42.0 Å². The first-order valence-corrected chi connectivity index (χ1v) is 9.43. The number of benzene rings is 3. The number of nitro groups is 1. The third-order valence-electron chi connectivity index (χ3n) is 4.21. The van der Waals surface area contributed by atoms with Gasteiger partial charge in [-0.1, -0.05) is 35.9 Å². The van der Waals surface area contributed by atoms with E-state index in [0.29, 0.717) is 16.3 Å². The van der Waals surface area contributed by atoms with Crippen molar-refractivity contribution in [2.45, 2.75) is 6.42 Å². The van der Waals surface area contributed by atoms with Crippen LogP contribution in [0.4, 0.5) is 11.4 Å². The highest BCUT2D eigenvalue weighted by atomic mass is 35.5. The average molecular weight is 441 g/mol. The third kappa shape index (κ3) is 5.58. The standard InChI is InChI=1S/C22H17ClN2O6/c1-30-22(27)17-10-9-15(23)13-18(17)24-21(26)12-14-5-4-6-16(11-14)31-20-8-3-2-7-19(20)25(28)29/h2-11,13H,12H2,1H3,(H,24,26). The molecule has 0 saturated carbocycles. The smallest absolute Gasteiger partial charge is 0.339 e. The summed E-state index contributed by atoms with van der Waals surface area (Å²) in [5.41, 5.74) is 0.850. The lowest BCUT2D eigenvalue weighted by molar-refractivity contribution is -0.385. The lowest BCUT2D eigenvalue weighted by atomic mass is 10.1. The van der Waals surface area contributed by atoms with E-state index in [1.54, 1.807) is 36.4 Å². The molecule has 9 heteroatoms. The summed E-state index contributed by atoms with van der Waals surface area (Å²) in [6, 6.07) is 17.1. The SMILES string of the molecule is COC(=O)c1ccc(Cl)cc1NC(=O)Cc1cccc(Oc2ccccc2[N+](=O)[O-])c1. The quantitative estimate of drug-likeness (QED) is 0.314. The third-order valence-corrected chi connectivity index (χ3v) is 4.45. The van der Waals surface area contributed by atoms with Crippen LogP contribution >= 0.6 is 11.6 Å². The van der Waals surface area contributed by atoms with Crippen LogP contribution in [-0.4, -0.2) is 23.9 Å². The summed E-state index contributed by atoms with van der Waals surface area (Å²) in [4.78, 5) is 35.0. The van der Waals surface area contributed by atoms with E-state index in [1.807, 2.05) is 0 Å². The van der Waals surface area contributed by atoms with Gasteiger partial charge >= 0.3 is 11.7 Å². The number of rotatable bonds is 7. The number of para-hydroxylation sites is 2. The van der Waals surface area contributed by atoms with Crippen LogP contribution in [0.1, 0.15) is 15.9 Å². The minimum atomic E-state index is -0.605. The summed E-state index contributed by atoms with van der Waals surface area (Å²) in [5, 5.41) is 14.2. The Labute approximate surface area is 182 Å². The maximum Gasteiger partial charge on any atom is 0.339 e. The van der Waals surface area contributed by atoms with Crippen LogP contribution < -0.4 is 10.1 Å². The van der Waals surface area contributed by atoms with Gasteiger partial charge in [-0.3, -0.25) is 14.9 Å². The number of methoxy groups -OCH3 is 1. The number of nitrogens with one attached hydrogen (secondary N) is 1. The second-order valence-corrected chi connectivity index (χ2v) is 6.82. The topological polar surface area (TPSA) is 108 Å². The van der Waals surface area contributed by atoms with Crippen molar-refractivity contribution in [3.8, 4) is 11.5 Å². The Hall–Kier alpha value is -3.91. The zero-order valence-corrected chi connectivity index (χ0v) is 17.1. The van der Waals surface area contributed by atoms with Crippen LogP contribution in [0.3, 0.4) is 0 Å².